The van der Waals surface area contributed by atoms with Crippen molar-refractivity contribution in [3.8, 4) is 0 Å². The van der Waals surface area contributed by atoms with E-state index in [9.17, 15) is 23.5 Å². The molecule has 2 aliphatic rings. The summed E-state index contributed by atoms with van der Waals surface area (Å²) >= 11 is 10.0. The molecule has 1 saturated heterocycles. The predicted molar refractivity (Wildman–Crippen MR) is 160 cm³/mol. The molecule has 0 bridgehead atoms. The third-order valence-corrected chi connectivity index (χ3v) is 9.93. The zero-order valence-electron chi connectivity index (χ0n) is 23.0. The summed E-state index contributed by atoms with van der Waals surface area (Å²) in [6.45, 7) is 1.70. The van der Waals surface area contributed by atoms with Crippen molar-refractivity contribution in [1.82, 2.24) is 14.6 Å². The molecule has 8 nitrogen and oxygen atoms in total. The number of carbonyl (C=O) groups is 2. The number of hydrogen-bond donors (Lipinski definition) is 2. The quantitative estimate of drug-likeness (QED) is 0.257. The Labute approximate surface area is 257 Å². The highest BCUT2D eigenvalue weighted by molar-refractivity contribution is 7.76. The average molecular weight is 630 g/mol. The Hall–Kier alpha value is -2.82. The largest absolute Gasteiger partial charge is 0.760 e. The van der Waals surface area contributed by atoms with Crippen LogP contribution in [0.2, 0.25) is 10.0 Å². The minimum Gasteiger partial charge on any atom is -0.760 e. The third kappa shape index (κ3) is 6.40. The van der Waals surface area contributed by atoms with Crippen LogP contribution in [0.25, 0.3) is 0 Å². The minimum atomic E-state index is -2.66. The van der Waals surface area contributed by atoms with Gasteiger partial charge in [0.2, 0.25) is 5.91 Å². The van der Waals surface area contributed by atoms with E-state index in [-0.39, 0.29) is 43.6 Å². The lowest BCUT2D eigenvalue weighted by atomic mass is 9.66. The fourth-order valence-electron chi connectivity index (χ4n) is 6.50. The van der Waals surface area contributed by atoms with Crippen molar-refractivity contribution < 1.29 is 23.5 Å². The first-order valence-corrected chi connectivity index (χ1v) is 15.6. The van der Waals surface area contributed by atoms with Crippen LogP contribution in [0.3, 0.4) is 0 Å². The lowest BCUT2D eigenvalue weighted by Gasteiger charge is -2.50. The molecule has 1 aliphatic heterocycles. The van der Waals surface area contributed by atoms with Gasteiger partial charge in [-0.1, -0.05) is 60.5 Å². The average Bonchev–Trinajstić information content (AvgIpc) is 3.79. The molecule has 222 valence electrons. The van der Waals surface area contributed by atoms with Crippen LogP contribution in [0.4, 0.5) is 0 Å². The molecular formula is C31H32Cl2N3O5S-. The zero-order valence-corrected chi connectivity index (χ0v) is 25.4. The lowest BCUT2D eigenvalue weighted by molar-refractivity contribution is -0.147. The van der Waals surface area contributed by atoms with Crippen molar-refractivity contribution >= 4 is 46.3 Å². The van der Waals surface area contributed by atoms with Gasteiger partial charge >= 0.3 is 5.97 Å². The van der Waals surface area contributed by atoms with Crippen LogP contribution in [0.5, 0.6) is 0 Å². The Kier molecular flexibility index (Phi) is 9.06. The number of halogens is 2. The molecule has 3 aromatic rings. The maximum absolute atomic E-state index is 13.6. The fourth-order valence-corrected chi connectivity index (χ4v) is 7.66. The normalized spacial score (nSPS) is 24.5. The molecule has 2 N–H and O–H groups in total. The second-order valence-corrected chi connectivity index (χ2v) is 13.3. The SMILES string of the molecule is C[C@@]1(CC(=O)O)C[C@H](c2cccc(Cl)c2)[C@H](C[C@@](c2ccc(Cl)cc2)(C2CC2)N(Cc2ccccn2)S(=O)[O-])NC1=O. The van der Waals surface area contributed by atoms with Gasteiger partial charge in [-0.2, -0.15) is 0 Å². The van der Waals surface area contributed by atoms with E-state index in [2.05, 4.69) is 10.3 Å². The van der Waals surface area contributed by atoms with Crippen molar-refractivity contribution in [2.75, 3.05) is 0 Å². The number of carboxylic acid groups (broad SMARTS) is 1. The number of hydrogen-bond acceptors (Lipinski definition) is 5. The highest BCUT2D eigenvalue weighted by Gasteiger charge is 2.55. The van der Waals surface area contributed by atoms with E-state index < -0.39 is 34.2 Å². The van der Waals surface area contributed by atoms with E-state index >= 15 is 0 Å². The smallest absolute Gasteiger partial charge is 0.304 e. The first kappa shape index (κ1) is 30.6. The Morgan fingerprint density at radius 2 is 1.88 bits per heavy atom. The highest BCUT2D eigenvalue weighted by atomic mass is 35.5. The standard InChI is InChI=1S/C31H33Cl2N3O5S/c1-30(18-28(37)38)16-26(20-5-4-6-24(33)15-20)27(35-29(30)39)17-31(21-8-9-21,22-10-12-23(32)13-11-22)36(42(40)41)19-25-7-2-3-14-34-25/h2-7,10-15,21,26-27H,8-9,16-19H2,1H3,(H,35,39)(H,37,38)(H,40,41)/p-1/t26-,27+,30+,31+/m1/s1. The summed E-state index contributed by atoms with van der Waals surface area (Å²) in [7, 11) is 0. The monoisotopic (exact) mass is 628 g/mol. The topological polar surface area (TPSA) is 123 Å². The highest BCUT2D eigenvalue weighted by Crippen LogP contribution is 2.55. The first-order valence-electron chi connectivity index (χ1n) is 13.8. The van der Waals surface area contributed by atoms with Gasteiger partial charge in [-0.15, -0.1) is 0 Å². The van der Waals surface area contributed by atoms with Crippen molar-refractivity contribution in [3.63, 3.8) is 0 Å². The second kappa shape index (κ2) is 12.4. The maximum atomic E-state index is 13.6. The van der Waals surface area contributed by atoms with E-state index in [1.807, 2.05) is 36.4 Å². The number of piperidine rings is 1. The minimum absolute atomic E-state index is 0.0236. The van der Waals surface area contributed by atoms with Crippen molar-refractivity contribution in [2.45, 2.75) is 63.1 Å². The van der Waals surface area contributed by atoms with Crippen molar-refractivity contribution in [2.24, 2.45) is 11.3 Å². The van der Waals surface area contributed by atoms with Crippen molar-refractivity contribution in [1.29, 1.82) is 0 Å². The molecular weight excluding hydrogens is 597 g/mol. The first-order chi connectivity index (χ1) is 20.0. The molecule has 1 saturated carbocycles. The number of nitrogens with zero attached hydrogens (tertiary/aromatic N) is 2. The fraction of sp³-hybridized carbons (Fsp3) is 0.387. The Morgan fingerprint density at radius 1 is 1.14 bits per heavy atom. The number of benzene rings is 2. The Balaban J connectivity index is 1.64. The molecule has 1 aromatic heterocycles. The second-order valence-electron chi connectivity index (χ2n) is 11.6. The van der Waals surface area contributed by atoms with Crippen LogP contribution in [-0.2, 0) is 32.9 Å². The summed E-state index contributed by atoms with van der Waals surface area (Å²) in [5, 5.41) is 13.8. The van der Waals surface area contributed by atoms with Gasteiger partial charge in [-0.25, -0.2) is 4.31 Å². The van der Waals surface area contributed by atoms with Gasteiger partial charge in [-0.05, 0) is 79.1 Å². The van der Waals surface area contributed by atoms with Gasteiger partial charge in [0.25, 0.3) is 0 Å². The van der Waals surface area contributed by atoms with Crippen LogP contribution in [0.15, 0.2) is 72.9 Å². The Morgan fingerprint density at radius 3 is 2.48 bits per heavy atom. The van der Waals surface area contributed by atoms with E-state index in [0.29, 0.717) is 15.7 Å². The molecule has 5 rings (SSSR count). The molecule has 1 aliphatic carbocycles. The molecule has 1 unspecified atom stereocenters. The van der Waals surface area contributed by atoms with Crippen LogP contribution in [0, 0.1) is 11.3 Å². The van der Waals surface area contributed by atoms with Gasteiger partial charge < -0.3 is 15.0 Å². The summed E-state index contributed by atoms with van der Waals surface area (Å²) in [4.78, 5) is 29.8. The number of aliphatic carboxylic acids is 1. The van der Waals surface area contributed by atoms with E-state index in [1.165, 1.54) is 4.31 Å². The number of carbonyl (C=O) groups excluding carboxylic acids is 1. The number of aromatic nitrogens is 1. The lowest BCUT2D eigenvalue weighted by Crippen LogP contribution is -2.59. The summed E-state index contributed by atoms with van der Waals surface area (Å²) in [5.41, 5.74) is 0.0161. The number of nitrogens with one attached hydrogen (secondary N) is 1. The summed E-state index contributed by atoms with van der Waals surface area (Å²) < 4.78 is 27.8. The zero-order chi connectivity index (χ0) is 30.1. The molecule has 11 heteroatoms. The van der Waals surface area contributed by atoms with E-state index in [1.54, 1.807) is 43.5 Å². The van der Waals surface area contributed by atoms with Gasteiger partial charge in [0, 0.05) is 39.5 Å². The number of carboxylic acids is 1. The number of pyridine rings is 1. The summed E-state index contributed by atoms with van der Waals surface area (Å²) in [5.74, 6) is -1.78. The van der Waals surface area contributed by atoms with E-state index in [4.69, 9.17) is 23.2 Å². The third-order valence-electron chi connectivity index (χ3n) is 8.62. The number of amides is 1. The molecule has 2 aromatic carbocycles. The summed E-state index contributed by atoms with van der Waals surface area (Å²) in [6.07, 6.45) is 3.42. The van der Waals surface area contributed by atoms with Crippen LogP contribution < -0.4 is 5.32 Å². The molecule has 0 spiro atoms. The van der Waals surface area contributed by atoms with Crippen LogP contribution in [0.1, 0.15) is 61.8 Å². The van der Waals surface area contributed by atoms with Gasteiger partial charge in [-0.3, -0.25) is 18.8 Å². The van der Waals surface area contributed by atoms with Gasteiger partial charge in [0.05, 0.1) is 29.6 Å². The van der Waals surface area contributed by atoms with Gasteiger partial charge in [0.1, 0.15) is 0 Å². The van der Waals surface area contributed by atoms with Crippen LogP contribution in [-0.4, -0.2) is 41.1 Å². The van der Waals surface area contributed by atoms with Gasteiger partial charge in [0.15, 0.2) is 0 Å². The van der Waals surface area contributed by atoms with E-state index in [0.717, 1.165) is 24.0 Å². The molecule has 2 fully saturated rings. The number of rotatable bonds is 11. The molecule has 42 heavy (non-hydrogen) atoms. The van der Waals surface area contributed by atoms with Crippen LogP contribution >= 0.6 is 23.2 Å². The maximum Gasteiger partial charge on any atom is 0.304 e. The molecule has 5 atom stereocenters. The molecule has 1 amide bonds. The predicted octanol–water partition coefficient (Wildman–Crippen LogP) is 5.83. The van der Waals surface area contributed by atoms with Crippen molar-refractivity contribution in [3.05, 3.63) is 99.8 Å². The molecule has 0 radical (unpaired) electrons. The molecule has 2 heterocycles. The Bertz CT molecular complexity index is 1470. The summed E-state index contributed by atoms with van der Waals surface area (Å²) in [6, 6.07) is 19.4.